The number of nitrogens with zero attached hydrogens (tertiary/aromatic N) is 3. The number of anilines is 1. The Bertz CT molecular complexity index is 1160. The maximum atomic E-state index is 13.6. The summed E-state index contributed by atoms with van der Waals surface area (Å²) in [6.45, 7) is 4.17. The molecule has 0 saturated carbocycles. The van der Waals surface area contributed by atoms with Gasteiger partial charge >= 0.3 is 0 Å². The fourth-order valence-corrected chi connectivity index (χ4v) is 5.10. The number of nitrogens with one attached hydrogen (secondary N) is 1. The van der Waals surface area contributed by atoms with Gasteiger partial charge in [0.15, 0.2) is 16.8 Å². The first-order valence-corrected chi connectivity index (χ1v) is 12.4. The van der Waals surface area contributed by atoms with Crippen molar-refractivity contribution in [3.05, 3.63) is 52.9 Å². The van der Waals surface area contributed by atoms with Crippen LogP contribution >= 0.6 is 11.6 Å². The molecule has 10 heteroatoms. The Morgan fingerprint density at radius 2 is 1.81 bits per heavy atom. The summed E-state index contributed by atoms with van der Waals surface area (Å²) in [6.07, 6.45) is 0.895. The van der Waals surface area contributed by atoms with E-state index >= 15 is 0 Å². The smallest absolute Gasteiger partial charge is 0.290 e. The van der Waals surface area contributed by atoms with Crippen LogP contribution in [0.2, 0.25) is 5.22 Å². The van der Waals surface area contributed by atoms with E-state index in [1.807, 2.05) is 45.0 Å². The van der Waals surface area contributed by atoms with Crippen LogP contribution in [0.5, 0.6) is 0 Å². The van der Waals surface area contributed by atoms with Crippen molar-refractivity contribution in [2.45, 2.75) is 44.8 Å². The minimum absolute atomic E-state index is 0.0588. The summed E-state index contributed by atoms with van der Waals surface area (Å²) in [6, 6.07) is 8.11. The predicted molar refractivity (Wildman–Crippen MR) is 135 cm³/mol. The zero-order valence-corrected chi connectivity index (χ0v) is 21.6. The van der Waals surface area contributed by atoms with Gasteiger partial charge in [0.1, 0.15) is 12.1 Å². The van der Waals surface area contributed by atoms with Gasteiger partial charge in [-0.2, -0.15) is 0 Å². The number of hydrogen-bond donors (Lipinski definition) is 1. The van der Waals surface area contributed by atoms with Crippen LogP contribution in [0, 0.1) is 5.92 Å². The van der Waals surface area contributed by atoms with Crippen LogP contribution in [-0.4, -0.2) is 78.6 Å². The molecule has 1 aromatic heterocycles. The van der Waals surface area contributed by atoms with Gasteiger partial charge in [-0.05, 0) is 66.8 Å². The highest BCUT2D eigenvalue weighted by molar-refractivity contribution is 6.29. The second kappa shape index (κ2) is 10.3. The summed E-state index contributed by atoms with van der Waals surface area (Å²) in [4.78, 5) is 57.4. The third-order valence-electron chi connectivity index (χ3n) is 6.71. The van der Waals surface area contributed by atoms with Gasteiger partial charge in [-0.15, -0.1) is 0 Å². The molecule has 2 fully saturated rings. The van der Waals surface area contributed by atoms with Crippen LogP contribution in [0.3, 0.4) is 0 Å². The maximum Gasteiger partial charge on any atom is 0.290 e. The van der Waals surface area contributed by atoms with E-state index in [1.54, 1.807) is 12.1 Å². The number of likely N-dealkylation sites (tertiary alicyclic amines) is 2. The topological polar surface area (TPSA) is 103 Å². The third kappa shape index (κ3) is 5.11. The van der Waals surface area contributed by atoms with Gasteiger partial charge in [-0.1, -0.05) is 13.8 Å². The highest BCUT2D eigenvalue weighted by Gasteiger charge is 2.52. The van der Waals surface area contributed by atoms with Crippen LogP contribution in [0.1, 0.15) is 47.6 Å². The number of ketones is 1. The minimum atomic E-state index is -0.786. The standard InChI is InChI=1S/C26H31ClN4O5/c1-15(2)13-18(28-24(33)16-5-7-17(8-6-16)29(3)4)25(34)30-12-11-19-23(30)20(32)14-31(19)26(35)21-9-10-22(27)36-21/h5-10,15,18-19,23H,11-14H2,1-4H3,(H,28,33)/t18-,19?,23?/m0/s1. The van der Waals surface area contributed by atoms with E-state index in [0.29, 0.717) is 24.9 Å². The number of carbonyl (C=O) groups is 4. The van der Waals surface area contributed by atoms with Crippen LogP contribution in [0.25, 0.3) is 0 Å². The molecular weight excluding hydrogens is 484 g/mol. The summed E-state index contributed by atoms with van der Waals surface area (Å²) >= 11 is 5.81. The summed E-state index contributed by atoms with van der Waals surface area (Å²) < 4.78 is 5.24. The fraction of sp³-hybridized carbons (Fsp3) is 0.462. The number of amides is 3. The van der Waals surface area contributed by atoms with Crippen molar-refractivity contribution in [2.24, 2.45) is 5.92 Å². The molecule has 0 bridgehead atoms. The first-order valence-electron chi connectivity index (χ1n) is 12.0. The van der Waals surface area contributed by atoms with Gasteiger partial charge in [0.25, 0.3) is 11.8 Å². The summed E-state index contributed by atoms with van der Waals surface area (Å²) in [5.41, 5.74) is 1.41. The lowest BCUT2D eigenvalue weighted by molar-refractivity contribution is -0.138. The van der Waals surface area contributed by atoms with Crippen molar-refractivity contribution >= 4 is 40.8 Å². The van der Waals surface area contributed by atoms with Gasteiger partial charge in [-0.25, -0.2) is 0 Å². The molecule has 1 aromatic carbocycles. The molecule has 4 rings (SSSR count). The first-order chi connectivity index (χ1) is 17.1. The van der Waals surface area contributed by atoms with Gasteiger partial charge in [0, 0.05) is 31.9 Å². The number of Topliss-reactive ketones (excluding diaryl/α,β-unsaturated/α-hetero) is 1. The molecule has 3 atom stereocenters. The van der Waals surface area contributed by atoms with Crippen molar-refractivity contribution < 1.29 is 23.6 Å². The van der Waals surface area contributed by atoms with Gasteiger partial charge in [0.05, 0.1) is 12.6 Å². The average Bonchev–Trinajstić information content (AvgIpc) is 3.54. The molecule has 2 aliphatic rings. The number of carbonyl (C=O) groups excluding carboxylic acids is 4. The lowest BCUT2D eigenvalue weighted by Crippen LogP contribution is -2.53. The molecule has 192 valence electrons. The highest BCUT2D eigenvalue weighted by atomic mass is 35.5. The van der Waals surface area contributed by atoms with Crippen molar-refractivity contribution in [1.29, 1.82) is 0 Å². The molecule has 1 N–H and O–H groups in total. The Balaban J connectivity index is 1.49. The molecule has 0 radical (unpaired) electrons. The molecule has 2 saturated heterocycles. The molecular formula is C26H31ClN4O5. The Hall–Kier alpha value is -3.33. The van der Waals surface area contributed by atoms with Gasteiger partial charge in [-0.3, -0.25) is 19.2 Å². The summed E-state index contributed by atoms with van der Waals surface area (Å²) in [7, 11) is 3.83. The SMILES string of the molecule is CC(C)C[C@H](NC(=O)c1ccc(N(C)C)cc1)C(=O)N1CCC2C1C(=O)CN2C(=O)c1ccc(Cl)o1. The predicted octanol–water partition coefficient (Wildman–Crippen LogP) is 2.84. The molecule has 2 aromatic rings. The second-order valence-corrected chi connectivity index (χ2v) is 10.3. The van der Waals surface area contributed by atoms with Crippen molar-refractivity contribution in [3.63, 3.8) is 0 Å². The average molecular weight is 515 g/mol. The molecule has 2 aliphatic heterocycles. The maximum absolute atomic E-state index is 13.6. The molecule has 9 nitrogen and oxygen atoms in total. The van der Waals surface area contributed by atoms with E-state index in [-0.39, 0.29) is 41.0 Å². The van der Waals surface area contributed by atoms with E-state index in [2.05, 4.69) is 5.32 Å². The zero-order chi connectivity index (χ0) is 26.1. The van der Waals surface area contributed by atoms with E-state index in [4.69, 9.17) is 16.0 Å². The first kappa shape index (κ1) is 25.8. The van der Waals surface area contributed by atoms with E-state index in [0.717, 1.165) is 5.69 Å². The molecule has 0 spiro atoms. The van der Waals surface area contributed by atoms with Crippen LogP contribution in [-0.2, 0) is 9.59 Å². The van der Waals surface area contributed by atoms with E-state index in [1.165, 1.54) is 21.9 Å². The number of benzene rings is 1. The number of furan rings is 1. The monoisotopic (exact) mass is 514 g/mol. The summed E-state index contributed by atoms with van der Waals surface area (Å²) in [5.74, 6) is -1.09. The second-order valence-electron chi connectivity index (χ2n) is 9.93. The Kier molecular flexibility index (Phi) is 7.40. The largest absolute Gasteiger partial charge is 0.440 e. The molecule has 3 heterocycles. The molecule has 0 aliphatic carbocycles. The lowest BCUT2D eigenvalue weighted by atomic mass is 10.0. The van der Waals surface area contributed by atoms with E-state index < -0.39 is 24.0 Å². The Labute approximate surface area is 215 Å². The molecule has 36 heavy (non-hydrogen) atoms. The van der Waals surface area contributed by atoms with Crippen molar-refractivity contribution in [1.82, 2.24) is 15.1 Å². The van der Waals surface area contributed by atoms with Gasteiger partial charge < -0.3 is 24.4 Å². The van der Waals surface area contributed by atoms with Crippen molar-refractivity contribution in [3.8, 4) is 0 Å². The number of hydrogen-bond acceptors (Lipinski definition) is 6. The zero-order valence-electron chi connectivity index (χ0n) is 20.9. The third-order valence-corrected chi connectivity index (χ3v) is 6.91. The Morgan fingerprint density at radius 3 is 2.39 bits per heavy atom. The number of halogens is 1. The quantitative estimate of drug-likeness (QED) is 0.609. The Morgan fingerprint density at radius 1 is 1.11 bits per heavy atom. The highest BCUT2D eigenvalue weighted by Crippen LogP contribution is 2.32. The van der Waals surface area contributed by atoms with Crippen LogP contribution in [0.15, 0.2) is 40.8 Å². The summed E-state index contributed by atoms with van der Waals surface area (Å²) in [5, 5.41) is 2.97. The fourth-order valence-electron chi connectivity index (χ4n) is 4.96. The van der Waals surface area contributed by atoms with Gasteiger partial charge in [0.2, 0.25) is 5.91 Å². The van der Waals surface area contributed by atoms with E-state index in [9.17, 15) is 19.2 Å². The number of rotatable bonds is 7. The normalized spacial score (nSPS) is 20.0. The van der Waals surface area contributed by atoms with Crippen LogP contribution < -0.4 is 10.2 Å². The lowest BCUT2D eigenvalue weighted by Gasteiger charge is -2.29. The minimum Gasteiger partial charge on any atom is -0.440 e. The molecule has 2 unspecified atom stereocenters. The number of fused-ring (bicyclic) bond motifs is 1. The van der Waals surface area contributed by atoms with Crippen LogP contribution in [0.4, 0.5) is 5.69 Å². The van der Waals surface area contributed by atoms with Crippen molar-refractivity contribution in [2.75, 3.05) is 32.1 Å². The molecule has 3 amide bonds.